The summed E-state index contributed by atoms with van der Waals surface area (Å²) in [6, 6.07) is 11.4. The highest BCUT2D eigenvalue weighted by Crippen LogP contribution is 2.31. The summed E-state index contributed by atoms with van der Waals surface area (Å²) in [5.41, 5.74) is 1.40. The van der Waals surface area contributed by atoms with Crippen molar-refractivity contribution in [1.82, 2.24) is 19.6 Å². The fraction of sp³-hybridized carbons (Fsp3) is 0.300. The zero-order valence-electron chi connectivity index (χ0n) is 24.1. The van der Waals surface area contributed by atoms with Gasteiger partial charge in [-0.3, -0.25) is 14.3 Å². The lowest BCUT2D eigenvalue weighted by Crippen LogP contribution is -2.44. The van der Waals surface area contributed by atoms with E-state index < -0.39 is 44.8 Å². The summed E-state index contributed by atoms with van der Waals surface area (Å²) < 4.78 is 58.2. The quantitative estimate of drug-likeness (QED) is 0.183. The van der Waals surface area contributed by atoms with Gasteiger partial charge in [0, 0.05) is 67.3 Å². The average Bonchev–Trinajstić information content (AvgIpc) is 3.45. The lowest BCUT2D eigenvalue weighted by Gasteiger charge is -2.34. The Bertz CT molecular complexity index is 1800. The van der Waals surface area contributed by atoms with Crippen molar-refractivity contribution < 1.29 is 31.9 Å². The molecule has 0 bridgehead atoms. The van der Waals surface area contributed by atoms with E-state index in [-0.39, 0.29) is 24.7 Å². The van der Waals surface area contributed by atoms with Crippen LogP contribution in [0.5, 0.6) is 0 Å². The number of fused-ring (bicyclic) bond motifs is 1. The van der Waals surface area contributed by atoms with Gasteiger partial charge < -0.3 is 20.3 Å². The first-order valence-corrected chi connectivity index (χ1v) is 15.5. The number of hydrogen-bond donors (Lipinski definition) is 4. The summed E-state index contributed by atoms with van der Waals surface area (Å²) in [4.78, 5) is 33.8. The van der Waals surface area contributed by atoms with Crippen LogP contribution < -0.4 is 14.9 Å². The molecule has 0 aliphatic carbocycles. The summed E-state index contributed by atoms with van der Waals surface area (Å²) >= 11 is 0. The van der Waals surface area contributed by atoms with Crippen molar-refractivity contribution in [3.05, 3.63) is 77.6 Å². The average molecular weight is 627 g/mol. The number of aromatic amines is 1. The van der Waals surface area contributed by atoms with Crippen molar-refractivity contribution in [3.63, 3.8) is 0 Å². The first-order valence-electron chi connectivity index (χ1n) is 14.0. The van der Waals surface area contributed by atoms with Crippen LogP contribution >= 0.6 is 0 Å². The van der Waals surface area contributed by atoms with E-state index >= 15 is 4.39 Å². The minimum Gasteiger partial charge on any atom is -0.480 e. The molecule has 0 saturated carbocycles. The van der Waals surface area contributed by atoms with E-state index in [4.69, 9.17) is 5.11 Å². The van der Waals surface area contributed by atoms with Gasteiger partial charge in [0.25, 0.3) is 0 Å². The van der Waals surface area contributed by atoms with E-state index in [2.05, 4.69) is 24.9 Å². The van der Waals surface area contributed by atoms with Crippen LogP contribution in [-0.4, -0.2) is 78.8 Å². The second kappa shape index (κ2) is 12.7. The summed E-state index contributed by atoms with van der Waals surface area (Å²) in [6.45, 7) is 3.22. The zero-order valence-corrected chi connectivity index (χ0v) is 24.9. The number of nitrogens with one attached hydrogen (secondary N) is 3. The van der Waals surface area contributed by atoms with E-state index in [0.717, 1.165) is 53.6 Å². The number of carboxylic acid groups (broad SMARTS) is 1. The van der Waals surface area contributed by atoms with E-state index in [0.29, 0.717) is 16.6 Å². The lowest BCUT2D eigenvalue weighted by atomic mass is 9.99. The maximum absolute atomic E-state index is 15.4. The van der Waals surface area contributed by atoms with Gasteiger partial charge in [-0.15, -0.1) is 0 Å². The number of hydrogen-bond acceptors (Lipinski definition) is 7. The number of anilines is 2. The lowest BCUT2D eigenvalue weighted by molar-refractivity contribution is -0.136. The summed E-state index contributed by atoms with van der Waals surface area (Å²) in [7, 11) is -2.82. The predicted octanol–water partition coefficient (Wildman–Crippen LogP) is 3.99. The van der Waals surface area contributed by atoms with Crippen molar-refractivity contribution in [3.8, 4) is 11.1 Å². The number of nitrogens with zero attached hydrogens (tertiary/aromatic N) is 3. The van der Waals surface area contributed by atoms with Crippen LogP contribution in [0.2, 0.25) is 0 Å². The monoisotopic (exact) mass is 626 g/mol. The minimum absolute atomic E-state index is 0.0196. The van der Waals surface area contributed by atoms with Gasteiger partial charge in [-0.1, -0.05) is 19.1 Å². The van der Waals surface area contributed by atoms with Crippen molar-refractivity contribution in [2.24, 2.45) is 0 Å². The van der Waals surface area contributed by atoms with Gasteiger partial charge in [0.2, 0.25) is 5.78 Å². The zero-order chi connectivity index (χ0) is 31.6. The number of carbonyl (C=O) groups excluding carboxylic acids is 1. The molecule has 2 aromatic carbocycles. The van der Waals surface area contributed by atoms with Gasteiger partial charge >= 0.3 is 16.2 Å². The molecule has 5 rings (SSSR count). The highest BCUT2D eigenvalue weighted by atomic mass is 32.2. The highest BCUT2D eigenvalue weighted by molar-refractivity contribution is 7.90. The fourth-order valence-corrected chi connectivity index (χ4v) is 6.08. The second-order valence-corrected chi connectivity index (χ2v) is 12.3. The molecule has 11 nitrogen and oxygen atoms in total. The van der Waals surface area contributed by atoms with E-state index in [1.807, 2.05) is 24.3 Å². The third-order valence-electron chi connectivity index (χ3n) is 7.79. The van der Waals surface area contributed by atoms with Crippen LogP contribution in [0.4, 0.5) is 20.2 Å². The number of aromatic nitrogens is 2. The molecule has 1 saturated heterocycles. The third-order valence-corrected chi connectivity index (χ3v) is 9.35. The van der Waals surface area contributed by atoms with E-state index in [1.165, 1.54) is 13.2 Å². The van der Waals surface area contributed by atoms with Gasteiger partial charge in [-0.25, -0.2) is 13.8 Å². The first kappa shape index (κ1) is 31.0. The smallest absolute Gasteiger partial charge is 0.317 e. The molecule has 3 heterocycles. The number of pyridine rings is 1. The molecule has 232 valence electrons. The van der Waals surface area contributed by atoms with Crippen molar-refractivity contribution in [2.45, 2.75) is 25.8 Å². The first-order chi connectivity index (χ1) is 21.0. The minimum atomic E-state index is -4.12. The Morgan fingerprint density at radius 2 is 1.82 bits per heavy atom. The molecule has 44 heavy (non-hydrogen) atoms. The predicted molar refractivity (Wildman–Crippen MR) is 163 cm³/mol. The highest BCUT2D eigenvalue weighted by Gasteiger charge is 2.27. The molecular formula is C30H32F2N6O5S. The normalized spacial score (nSPS) is 14.3. The van der Waals surface area contributed by atoms with Crippen LogP contribution in [0.15, 0.2) is 54.9 Å². The number of rotatable bonds is 11. The van der Waals surface area contributed by atoms with Crippen LogP contribution in [0.3, 0.4) is 0 Å². The maximum atomic E-state index is 15.4. The molecule has 4 N–H and O–H groups in total. The number of halogens is 2. The third kappa shape index (κ3) is 6.42. The molecule has 0 radical (unpaired) electrons. The van der Waals surface area contributed by atoms with Crippen LogP contribution in [-0.2, 0) is 15.0 Å². The van der Waals surface area contributed by atoms with E-state index in [9.17, 15) is 22.4 Å². The van der Waals surface area contributed by atoms with Crippen LogP contribution in [0.25, 0.3) is 22.2 Å². The molecule has 1 aliphatic rings. The molecular weight excluding hydrogens is 594 g/mol. The van der Waals surface area contributed by atoms with Gasteiger partial charge in [-0.05, 0) is 48.7 Å². The number of H-pyrrole nitrogens is 1. The Morgan fingerprint density at radius 1 is 1.11 bits per heavy atom. The van der Waals surface area contributed by atoms with Gasteiger partial charge in [0.1, 0.15) is 11.5 Å². The Morgan fingerprint density at radius 3 is 2.48 bits per heavy atom. The molecule has 14 heteroatoms. The molecule has 1 fully saturated rings. The number of benzene rings is 2. The largest absolute Gasteiger partial charge is 0.480 e. The molecule has 4 aromatic rings. The standard InChI is InChI=1S/C30H32F2N6O5S/c1-3-37(2)44(42,43)36-25-9-8-24(31)27(28(25)32)29(41)23-16-35-30-22(23)14-19(15-34-30)18-4-6-21(7-5-18)38-12-10-20(11-13-38)33-17-26(39)40/h4-9,14-16,20,33,36H,3,10-13,17H2,1-2H3,(H,34,35)(H,39,40). The summed E-state index contributed by atoms with van der Waals surface area (Å²) in [5.74, 6) is -4.29. The number of carboxylic acids is 1. The molecule has 0 spiro atoms. The van der Waals surface area contributed by atoms with E-state index in [1.54, 1.807) is 19.2 Å². The number of ketones is 1. The molecule has 0 amide bonds. The number of piperidine rings is 1. The number of aliphatic carboxylic acids is 1. The van der Waals surface area contributed by atoms with Crippen LogP contribution in [0, 0.1) is 11.6 Å². The Kier molecular flexibility index (Phi) is 8.95. The van der Waals surface area contributed by atoms with Gasteiger partial charge in [0.15, 0.2) is 5.82 Å². The number of carbonyl (C=O) groups is 2. The summed E-state index contributed by atoms with van der Waals surface area (Å²) in [5, 5.41) is 12.3. The Labute approximate surface area is 253 Å². The van der Waals surface area contributed by atoms with Crippen LogP contribution in [0.1, 0.15) is 35.7 Å². The maximum Gasteiger partial charge on any atom is 0.317 e. The molecule has 0 unspecified atom stereocenters. The second-order valence-electron chi connectivity index (χ2n) is 10.5. The fourth-order valence-electron chi connectivity index (χ4n) is 5.15. The van der Waals surface area contributed by atoms with Crippen molar-refractivity contribution >= 4 is 44.4 Å². The van der Waals surface area contributed by atoms with Gasteiger partial charge in [-0.2, -0.15) is 12.7 Å². The Hall–Kier alpha value is -4.40. The summed E-state index contributed by atoms with van der Waals surface area (Å²) in [6.07, 6.45) is 4.60. The topological polar surface area (TPSA) is 148 Å². The van der Waals surface area contributed by atoms with Crippen molar-refractivity contribution in [2.75, 3.05) is 42.8 Å². The van der Waals surface area contributed by atoms with Gasteiger partial charge in [0.05, 0.1) is 17.8 Å². The van der Waals surface area contributed by atoms with Crippen molar-refractivity contribution in [1.29, 1.82) is 0 Å². The molecule has 2 aromatic heterocycles. The Balaban J connectivity index is 1.37. The molecule has 0 atom stereocenters. The molecule has 1 aliphatic heterocycles. The SMILES string of the molecule is CCN(C)S(=O)(=O)Nc1ccc(F)c(C(=O)c2c[nH]c3ncc(-c4ccc(N5CCC(NCC(=O)O)CC5)cc4)cc23)c1F.